The van der Waals surface area contributed by atoms with Crippen LogP contribution in [0.25, 0.3) is 0 Å². The van der Waals surface area contributed by atoms with Gasteiger partial charge >= 0.3 is 0 Å². The fourth-order valence-corrected chi connectivity index (χ4v) is 21.0. The standard InChI is InChI=1S/C58H116O5Si5/c1-43(2)57(14,15)68(27,28)61-52(56(12,13)63-65(20,21)22)38-35-46(31-29-39-55(10,11)62-64(17,18)19)50-37-36-49-45(32-30-40-58(49,50)16)33-34-47-41-48(59-66(23,24)53(4,5)6)42-51(44(47)3)60-67(25,26)54(7,8)9/h33-34,43,46,48-52H,3,29-32,35-42H2,1-2,4-28H3/t46?,48-,49?,50?,51+,52?,58+/m1/s1. The van der Waals surface area contributed by atoms with Gasteiger partial charge < -0.3 is 22.1 Å². The Hall–Kier alpha value is 0.104. The van der Waals surface area contributed by atoms with Crippen LogP contribution >= 0.6 is 0 Å². The molecule has 3 saturated carbocycles. The average molecular weight is 1030 g/mol. The summed E-state index contributed by atoms with van der Waals surface area (Å²) in [5.41, 5.74) is 4.02. The van der Waals surface area contributed by atoms with Crippen molar-refractivity contribution in [3.63, 3.8) is 0 Å². The van der Waals surface area contributed by atoms with Crippen molar-refractivity contribution in [1.82, 2.24) is 0 Å². The molecule has 0 amide bonds. The van der Waals surface area contributed by atoms with Crippen molar-refractivity contribution in [1.29, 1.82) is 0 Å². The largest absolute Gasteiger partial charge is 0.413 e. The van der Waals surface area contributed by atoms with E-state index < -0.39 is 41.6 Å². The molecule has 0 saturated heterocycles. The second-order valence-corrected chi connectivity index (χ2v) is 53.3. The molecular weight excluding hydrogens is 917 g/mol. The van der Waals surface area contributed by atoms with Gasteiger partial charge in [-0.25, -0.2) is 0 Å². The summed E-state index contributed by atoms with van der Waals surface area (Å²) in [6.45, 7) is 69.3. The lowest BCUT2D eigenvalue weighted by Crippen LogP contribution is -2.55. The molecular formula is C58H116O5Si5. The second kappa shape index (κ2) is 22.1. The van der Waals surface area contributed by atoms with Gasteiger partial charge in [0.1, 0.15) is 0 Å². The summed E-state index contributed by atoms with van der Waals surface area (Å²) < 4.78 is 36.0. The summed E-state index contributed by atoms with van der Waals surface area (Å²) in [7, 11) is -9.73. The monoisotopic (exact) mass is 1030 g/mol. The molecule has 7 atom stereocenters. The lowest BCUT2D eigenvalue weighted by atomic mass is 9.60. The lowest BCUT2D eigenvalue weighted by Gasteiger charge is -2.49. The van der Waals surface area contributed by atoms with Crippen LogP contribution in [0.1, 0.15) is 181 Å². The fourth-order valence-electron chi connectivity index (χ4n) is 12.0. The van der Waals surface area contributed by atoms with Crippen LogP contribution in [0.5, 0.6) is 0 Å². The molecule has 0 aromatic heterocycles. The molecule has 3 aliphatic carbocycles. The van der Waals surface area contributed by atoms with Gasteiger partial charge in [-0.15, -0.1) is 0 Å². The summed E-state index contributed by atoms with van der Waals surface area (Å²) in [4.78, 5) is 0. The maximum atomic E-state index is 7.63. The molecule has 0 N–H and O–H groups in total. The topological polar surface area (TPSA) is 46.2 Å². The van der Waals surface area contributed by atoms with E-state index in [1.165, 1.54) is 62.5 Å². The summed E-state index contributed by atoms with van der Waals surface area (Å²) in [5.74, 6) is 2.46. The molecule has 0 aliphatic heterocycles. The first kappa shape index (κ1) is 62.4. The zero-order valence-electron chi connectivity index (χ0n) is 50.4. The van der Waals surface area contributed by atoms with Crippen molar-refractivity contribution in [2.45, 2.75) is 304 Å². The normalized spacial score (nSPS) is 26.8. The molecule has 68 heavy (non-hydrogen) atoms. The first-order valence-electron chi connectivity index (χ1n) is 27.8. The van der Waals surface area contributed by atoms with Gasteiger partial charge in [0.15, 0.2) is 41.6 Å². The highest BCUT2D eigenvalue weighted by atomic mass is 28.4. The molecule has 5 nitrogen and oxygen atoms in total. The number of fused-ring (bicyclic) bond motifs is 1. The quantitative estimate of drug-likeness (QED) is 0.101. The third-order valence-electron chi connectivity index (χ3n) is 18.9. The molecule has 0 heterocycles. The van der Waals surface area contributed by atoms with Crippen molar-refractivity contribution in [3.05, 3.63) is 35.5 Å². The Kier molecular flexibility index (Phi) is 20.3. The van der Waals surface area contributed by atoms with Crippen molar-refractivity contribution in [3.8, 4) is 0 Å². The number of hydrogen-bond acceptors (Lipinski definition) is 5. The van der Waals surface area contributed by atoms with Gasteiger partial charge in [-0.1, -0.05) is 113 Å². The zero-order chi connectivity index (χ0) is 52.7. The highest BCUT2D eigenvalue weighted by Gasteiger charge is 2.53. The van der Waals surface area contributed by atoms with Crippen molar-refractivity contribution in [2.24, 2.45) is 29.1 Å². The Morgan fingerprint density at radius 1 is 0.691 bits per heavy atom. The SMILES string of the molecule is C=C1C(=CC=C2CCC[C@@]3(C)C2CCC3C(CCCC(C)(C)O[Si](C)(C)C)CCC(O[Si](C)(C)C(C)(C)C(C)C)C(C)(C)O[Si](C)(C)C)C[C@@H](O[Si](C)(C)C(C)(C)C)C[C@@H]1O[Si](C)(C)C(C)(C)C. The molecule has 0 spiro atoms. The maximum Gasteiger partial charge on any atom is 0.193 e. The predicted octanol–water partition coefficient (Wildman–Crippen LogP) is 19.0. The van der Waals surface area contributed by atoms with Crippen LogP contribution in [0.15, 0.2) is 35.5 Å². The van der Waals surface area contributed by atoms with E-state index in [2.05, 4.69) is 195 Å². The highest BCUT2D eigenvalue weighted by Crippen LogP contribution is 2.61. The van der Waals surface area contributed by atoms with Crippen LogP contribution in [-0.4, -0.2) is 71.1 Å². The van der Waals surface area contributed by atoms with Gasteiger partial charge in [-0.2, -0.15) is 0 Å². The third kappa shape index (κ3) is 16.3. The van der Waals surface area contributed by atoms with Gasteiger partial charge in [0.25, 0.3) is 0 Å². The molecule has 10 heteroatoms. The van der Waals surface area contributed by atoms with E-state index in [1.54, 1.807) is 5.57 Å². The van der Waals surface area contributed by atoms with E-state index in [1.807, 2.05) is 0 Å². The van der Waals surface area contributed by atoms with Crippen molar-refractivity contribution >= 4 is 41.6 Å². The van der Waals surface area contributed by atoms with E-state index >= 15 is 0 Å². The highest BCUT2D eigenvalue weighted by molar-refractivity contribution is 6.75. The zero-order valence-corrected chi connectivity index (χ0v) is 55.4. The maximum absolute atomic E-state index is 7.63. The average Bonchev–Trinajstić information content (AvgIpc) is 3.46. The van der Waals surface area contributed by atoms with E-state index in [0.29, 0.717) is 23.7 Å². The predicted molar refractivity (Wildman–Crippen MR) is 312 cm³/mol. The Morgan fingerprint density at radius 3 is 1.75 bits per heavy atom. The molecule has 0 aromatic carbocycles. The number of hydrogen-bond donors (Lipinski definition) is 0. The van der Waals surface area contributed by atoms with Crippen LogP contribution in [0.2, 0.25) is 93.7 Å². The van der Waals surface area contributed by atoms with Gasteiger partial charge in [-0.05, 0) is 219 Å². The van der Waals surface area contributed by atoms with Crippen molar-refractivity contribution in [2.75, 3.05) is 0 Å². The second-order valence-electron chi connectivity index (χ2n) is 30.4. The minimum absolute atomic E-state index is 0.00275. The van der Waals surface area contributed by atoms with E-state index in [9.17, 15) is 0 Å². The summed E-state index contributed by atoms with van der Waals surface area (Å²) in [5, 5.41) is 0.414. The number of allylic oxidation sites excluding steroid dienone is 3. The molecule has 0 bridgehead atoms. The van der Waals surface area contributed by atoms with Crippen LogP contribution in [0.3, 0.4) is 0 Å². The van der Waals surface area contributed by atoms with Crippen LogP contribution in [0, 0.1) is 29.1 Å². The fraction of sp³-hybridized carbons (Fsp3) is 0.897. The third-order valence-corrected chi connectivity index (χ3v) is 34.7. The van der Waals surface area contributed by atoms with Crippen LogP contribution in [0.4, 0.5) is 0 Å². The molecule has 3 fully saturated rings. The van der Waals surface area contributed by atoms with E-state index in [-0.39, 0.29) is 50.0 Å². The summed E-state index contributed by atoms with van der Waals surface area (Å²) >= 11 is 0. The molecule has 0 radical (unpaired) electrons. The number of rotatable bonds is 22. The molecule has 4 unspecified atom stereocenters. The minimum atomic E-state index is -2.16. The Morgan fingerprint density at radius 2 is 1.24 bits per heavy atom. The first-order valence-corrected chi connectivity index (χ1v) is 43.3. The van der Waals surface area contributed by atoms with E-state index in [0.717, 1.165) is 25.7 Å². The molecule has 398 valence electrons. The molecule has 3 rings (SSSR count). The van der Waals surface area contributed by atoms with Gasteiger partial charge in [0, 0.05) is 6.42 Å². The first-order chi connectivity index (χ1) is 30.3. The lowest BCUT2D eigenvalue weighted by molar-refractivity contribution is -0.0373. The molecule has 3 aliphatic rings. The van der Waals surface area contributed by atoms with Gasteiger partial charge in [0.2, 0.25) is 0 Å². The molecule has 0 aromatic rings. The van der Waals surface area contributed by atoms with Crippen LogP contribution < -0.4 is 0 Å². The van der Waals surface area contributed by atoms with Crippen molar-refractivity contribution < 1.29 is 22.1 Å². The Labute approximate surface area is 430 Å². The van der Waals surface area contributed by atoms with Crippen LogP contribution in [-0.2, 0) is 22.1 Å². The minimum Gasteiger partial charge on any atom is -0.413 e. The smallest absolute Gasteiger partial charge is 0.193 e. The summed E-state index contributed by atoms with van der Waals surface area (Å²) in [6, 6.07) is 0. The van der Waals surface area contributed by atoms with Gasteiger partial charge in [-0.3, -0.25) is 0 Å². The summed E-state index contributed by atoms with van der Waals surface area (Å²) in [6.07, 6.45) is 19.3. The van der Waals surface area contributed by atoms with E-state index in [4.69, 9.17) is 28.7 Å². The van der Waals surface area contributed by atoms with Gasteiger partial charge in [0.05, 0.1) is 29.5 Å². The Bertz CT molecular complexity index is 1730. The Balaban J connectivity index is 2.07.